The summed E-state index contributed by atoms with van der Waals surface area (Å²) < 4.78 is 0. The van der Waals surface area contributed by atoms with Crippen molar-refractivity contribution in [1.29, 1.82) is 0 Å². The van der Waals surface area contributed by atoms with Crippen LogP contribution in [0.1, 0.15) is 192 Å². The maximum Gasteiger partial charge on any atom is 0.252 e. The zero-order chi connectivity index (χ0) is 54.9. The zero-order valence-corrected chi connectivity index (χ0v) is 50.2. The third-order valence-corrected chi connectivity index (χ3v) is 20.2. The van der Waals surface area contributed by atoms with Crippen molar-refractivity contribution in [3.8, 4) is 11.1 Å². The highest BCUT2D eigenvalue weighted by Crippen LogP contribution is 2.64. The largest absolute Gasteiger partial charge is 0.335 e. The van der Waals surface area contributed by atoms with Crippen molar-refractivity contribution in [1.82, 2.24) is 0 Å². The minimum absolute atomic E-state index is 0.00307. The van der Waals surface area contributed by atoms with E-state index >= 15 is 0 Å². The van der Waals surface area contributed by atoms with E-state index in [-0.39, 0.29) is 44.7 Å². The van der Waals surface area contributed by atoms with Crippen LogP contribution in [-0.2, 0) is 32.5 Å². The normalized spacial score (nSPS) is 20.8. The van der Waals surface area contributed by atoms with Crippen molar-refractivity contribution in [3.63, 3.8) is 0 Å². The SMILES string of the molecule is Cc1cc2c3c(c1)N1c4c(cc5c(c4B3c3ccc(N(c4ccc(C(C)(C)C)cc4C)c4ccc(C(C)(C)C)cc4C)cc3N2c2ccc(C(C)(C)C)cc2-c2ccccc2)C(C)(C)CCC5(C)C)C2(C)CCCCC12C. The van der Waals surface area contributed by atoms with Crippen LogP contribution in [0.3, 0.4) is 0 Å². The molecule has 396 valence electrons. The maximum absolute atomic E-state index is 2.96. The summed E-state index contributed by atoms with van der Waals surface area (Å²) in [6, 6.07) is 48.6. The highest BCUT2D eigenvalue weighted by molar-refractivity contribution is 7.00. The van der Waals surface area contributed by atoms with Gasteiger partial charge in [-0.1, -0.05) is 183 Å². The van der Waals surface area contributed by atoms with Crippen LogP contribution in [0.15, 0.2) is 121 Å². The van der Waals surface area contributed by atoms with Crippen LogP contribution in [-0.4, -0.2) is 12.3 Å². The molecule has 2 aliphatic carbocycles. The summed E-state index contributed by atoms with van der Waals surface area (Å²) in [5.41, 5.74) is 29.9. The smallest absolute Gasteiger partial charge is 0.252 e. The summed E-state index contributed by atoms with van der Waals surface area (Å²) in [6.07, 6.45) is 7.28. The minimum atomic E-state index is -0.0765. The van der Waals surface area contributed by atoms with E-state index in [2.05, 4.69) is 261 Å². The minimum Gasteiger partial charge on any atom is -0.335 e. The van der Waals surface area contributed by atoms with E-state index < -0.39 is 0 Å². The van der Waals surface area contributed by atoms with E-state index in [0.29, 0.717) is 0 Å². The van der Waals surface area contributed by atoms with Gasteiger partial charge in [-0.05, 0) is 201 Å². The maximum atomic E-state index is 2.96. The van der Waals surface area contributed by atoms with Gasteiger partial charge in [-0.2, -0.15) is 0 Å². The molecule has 0 bridgehead atoms. The number of hydrogen-bond donors (Lipinski definition) is 0. The average Bonchev–Trinajstić information content (AvgIpc) is 3.79. The van der Waals surface area contributed by atoms with Crippen LogP contribution in [0.25, 0.3) is 11.1 Å². The Morgan fingerprint density at radius 1 is 0.494 bits per heavy atom. The van der Waals surface area contributed by atoms with Crippen molar-refractivity contribution in [3.05, 3.63) is 171 Å². The molecule has 12 rings (SSSR count). The van der Waals surface area contributed by atoms with Gasteiger partial charge in [0.1, 0.15) is 0 Å². The monoisotopic (exact) mass is 1020 g/mol. The summed E-state index contributed by atoms with van der Waals surface area (Å²) in [6.45, 7) is 43.6. The Labute approximate surface area is 464 Å². The summed E-state index contributed by atoms with van der Waals surface area (Å²) >= 11 is 0. The molecule has 0 radical (unpaired) electrons. The topological polar surface area (TPSA) is 9.72 Å². The van der Waals surface area contributed by atoms with Gasteiger partial charge >= 0.3 is 0 Å². The predicted octanol–water partition coefficient (Wildman–Crippen LogP) is 18.3. The lowest BCUT2D eigenvalue weighted by Gasteiger charge is -2.53. The molecule has 0 spiro atoms. The third-order valence-electron chi connectivity index (χ3n) is 20.2. The van der Waals surface area contributed by atoms with Crippen molar-refractivity contribution in [2.45, 2.75) is 201 Å². The second kappa shape index (κ2) is 17.0. The fourth-order valence-corrected chi connectivity index (χ4v) is 15.3. The van der Waals surface area contributed by atoms with E-state index in [1.165, 1.54) is 139 Å². The average molecular weight is 1020 g/mol. The number of fused-ring (bicyclic) bond motifs is 9. The van der Waals surface area contributed by atoms with Crippen LogP contribution in [0.2, 0.25) is 0 Å². The molecule has 2 unspecified atom stereocenters. The molecule has 4 heteroatoms. The molecule has 3 nitrogen and oxygen atoms in total. The molecule has 0 saturated heterocycles. The first-order valence-corrected chi connectivity index (χ1v) is 29.4. The second-order valence-electron chi connectivity index (χ2n) is 29.4. The molecule has 7 aromatic carbocycles. The van der Waals surface area contributed by atoms with Gasteiger partial charge in [0.25, 0.3) is 6.71 Å². The fraction of sp³-hybridized carbons (Fsp3) is 0.425. The summed E-state index contributed by atoms with van der Waals surface area (Å²) in [4.78, 5) is 8.28. The molecule has 5 aliphatic rings. The molecule has 77 heavy (non-hydrogen) atoms. The van der Waals surface area contributed by atoms with Crippen LogP contribution < -0.4 is 31.1 Å². The van der Waals surface area contributed by atoms with Gasteiger partial charge in [0.05, 0.1) is 11.2 Å². The first-order valence-electron chi connectivity index (χ1n) is 29.4. The molecule has 0 aromatic heterocycles. The Balaban J connectivity index is 1.23. The molecule has 2 atom stereocenters. The molecule has 0 N–H and O–H groups in total. The van der Waals surface area contributed by atoms with E-state index in [0.717, 1.165) is 0 Å². The lowest BCUT2D eigenvalue weighted by atomic mass is 9.31. The third kappa shape index (κ3) is 7.70. The van der Waals surface area contributed by atoms with Crippen LogP contribution in [0, 0.1) is 20.8 Å². The lowest BCUT2D eigenvalue weighted by molar-refractivity contribution is 0.195. The highest BCUT2D eigenvalue weighted by atomic mass is 15.3. The zero-order valence-electron chi connectivity index (χ0n) is 50.2. The Bertz CT molecular complexity index is 3510. The van der Waals surface area contributed by atoms with Crippen molar-refractivity contribution >= 4 is 68.6 Å². The van der Waals surface area contributed by atoms with E-state index in [9.17, 15) is 0 Å². The summed E-state index contributed by atoms with van der Waals surface area (Å²) in [5.74, 6) is 0. The number of rotatable bonds is 5. The summed E-state index contributed by atoms with van der Waals surface area (Å²) in [5, 5.41) is 0. The van der Waals surface area contributed by atoms with Crippen molar-refractivity contribution in [2.24, 2.45) is 0 Å². The molecular weight excluding hydrogens is 930 g/mol. The van der Waals surface area contributed by atoms with E-state index in [1.807, 2.05) is 0 Å². The van der Waals surface area contributed by atoms with Gasteiger partial charge in [0.15, 0.2) is 0 Å². The Kier molecular flexibility index (Phi) is 11.4. The van der Waals surface area contributed by atoms with Gasteiger partial charge in [-0.15, -0.1) is 0 Å². The van der Waals surface area contributed by atoms with Crippen molar-refractivity contribution in [2.75, 3.05) is 14.7 Å². The highest BCUT2D eigenvalue weighted by Gasteiger charge is 2.63. The number of aryl methyl sites for hydroxylation is 3. The first-order chi connectivity index (χ1) is 36.0. The molecule has 0 amide bonds. The van der Waals surface area contributed by atoms with Crippen LogP contribution >= 0.6 is 0 Å². The first kappa shape index (κ1) is 51.7. The van der Waals surface area contributed by atoms with Gasteiger partial charge < -0.3 is 14.7 Å². The number of benzene rings is 7. The molecule has 3 aliphatic heterocycles. The second-order valence-corrected chi connectivity index (χ2v) is 29.4. The number of nitrogens with zero attached hydrogens (tertiary/aromatic N) is 3. The quantitative estimate of drug-likeness (QED) is 0.159. The Morgan fingerprint density at radius 2 is 1.06 bits per heavy atom. The van der Waals surface area contributed by atoms with E-state index in [1.54, 1.807) is 22.2 Å². The standard InChI is InChI=1S/C73H86BN3/c1-45-38-61-64-62(39-45)77-66-55(72(17)34-22-23-35-73(72,77)18)44-54-63(71(15,16)37-36-70(54,13)14)65(66)74(64)56-30-29-52(43-60(56)76(61)59-33-28-51(69(10,11)12)42-53(59)48-24-20-19-21-25-48)75(57-31-26-49(40-46(57)2)67(4,5)6)58-32-27-50(41-47(58)3)68(7,8)9/h19-21,24-33,38-44H,22-23,34-37H2,1-18H3. The van der Waals surface area contributed by atoms with Crippen molar-refractivity contribution < 1.29 is 0 Å². The summed E-state index contributed by atoms with van der Waals surface area (Å²) in [7, 11) is 0. The number of hydrogen-bond acceptors (Lipinski definition) is 3. The van der Waals surface area contributed by atoms with Gasteiger partial charge in [0, 0.05) is 50.8 Å². The van der Waals surface area contributed by atoms with Gasteiger partial charge in [0.2, 0.25) is 0 Å². The Morgan fingerprint density at radius 3 is 1.68 bits per heavy atom. The Hall–Kier alpha value is -6.00. The molecule has 1 fully saturated rings. The fourth-order valence-electron chi connectivity index (χ4n) is 15.3. The van der Waals surface area contributed by atoms with Gasteiger partial charge in [-0.25, -0.2) is 0 Å². The van der Waals surface area contributed by atoms with Crippen LogP contribution in [0.4, 0.5) is 45.5 Å². The predicted molar refractivity (Wildman–Crippen MR) is 334 cm³/mol. The van der Waals surface area contributed by atoms with Gasteiger partial charge in [-0.3, -0.25) is 0 Å². The molecule has 1 saturated carbocycles. The molecule has 7 aromatic rings. The van der Waals surface area contributed by atoms with Crippen LogP contribution in [0.5, 0.6) is 0 Å². The lowest BCUT2D eigenvalue weighted by Crippen LogP contribution is -2.66. The van der Waals surface area contributed by atoms with E-state index in [4.69, 9.17) is 0 Å². The number of anilines is 8. The molecular formula is C73H86BN3. The molecule has 3 heterocycles.